The van der Waals surface area contributed by atoms with Crippen molar-refractivity contribution in [2.45, 2.75) is 33.2 Å². The van der Waals surface area contributed by atoms with Gasteiger partial charge in [-0.2, -0.15) is 13.1 Å². The van der Waals surface area contributed by atoms with Gasteiger partial charge in [0.1, 0.15) is 0 Å². The van der Waals surface area contributed by atoms with Crippen molar-refractivity contribution in [2.24, 2.45) is 5.41 Å². The Bertz CT molecular complexity index is 411. The van der Waals surface area contributed by atoms with Crippen LogP contribution in [0.4, 0.5) is 4.79 Å². The van der Waals surface area contributed by atoms with Gasteiger partial charge in [-0.25, -0.2) is 9.52 Å². The van der Waals surface area contributed by atoms with Crippen LogP contribution >= 0.6 is 0 Å². The average molecular weight is 282 g/mol. The van der Waals surface area contributed by atoms with Gasteiger partial charge in [0.05, 0.1) is 13.5 Å². The van der Waals surface area contributed by atoms with Crippen LogP contribution < -0.4 is 9.44 Å². The van der Waals surface area contributed by atoms with Crippen LogP contribution in [0, 0.1) is 5.41 Å². The molecular weight excluding hydrogens is 264 g/mol. The Morgan fingerprint density at radius 2 is 1.83 bits per heavy atom. The molecule has 3 N–H and O–H groups in total. The van der Waals surface area contributed by atoms with E-state index in [2.05, 4.69) is 9.46 Å². The Hall–Kier alpha value is -1.35. The molecule has 0 spiro atoms. The Labute approximate surface area is 106 Å². The number of nitrogens with one attached hydrogen (secondary N) is 2. The van der Waals surface area contributed by atoms with E-state index in [1.807, 2.05) is 0 Å². The zero-order valence-electron chi connectivity index (χ0n) is 10.7. The van der Waals surface area contributed by atoms with E-state index < -0.39 is 40.1 Å². The number of carbonyl (C=O) groups is 2. The van der Waals surface area contributed by atoms with E-state index in [1.165, 1.54) is 0 Å². The average Bonchev–Trinajstić information content (AvgIpc) is 2.13. The molecule has 0 saturated heterocycles. The molecule has 1 unspecified atom stereocenters. The highest BCUT2D eigenvalue weighted by Gasteiger charge is 2.31. The van der Waals surface area contributed by atoms with Crippen LogP contribution in [-0.2, 0) is 19.7 Å². The molecule has 0 heterocycles. The van der Waals surface area contributed by atoms with Crippen molar-refractivity contribution in [1.29, 1.82) is 0 Å². The Morgan fingerprint density at radius 3 is 2.17 bits per heavy atom. The zero-order chi connectivity index (χ0) is 14.6. The number of carboxylic acids is 1. The van der Waals surface area contributed by atoms with Gasteiger partial charge in [-0.1, -0.05) is 20.8 Å². The lowest BCUT2D eigenvalue weighted by molar-refractivity contribution is -0.138. The van der Waals surface area contributed by atoms with Crippen LogP contribution in [0.1, 0.15) is 27.2 Å². The van der Waals surface area contributed by atoms with Crippen molar-refractivity contribution in [3.63, 3.8) is 0 Å². The van der Waals surface area contributed by atoms with Crippen molar-refractivity contribution in [1.82, 2.24) is 9.44 Å². The molecular formula is C9H18N2O6S. The molecule has 0 radical (unpaired) electrons. The van der Waals surface area contributed by atoms with E-state index in [-0.39, 0.29) is 0 Å². The highest BCUT2D eigenvalue weighted by atomic mass is 32.2. The number of aliphatic carboxylic acids is 1. The van der Waals surface area contributed by atoms with Crippen LogP contribution in [0.15, 0.2) is 0 Å². The predicted octanol–water partition coefficient (Wildman–Crippen LogP) is 0.0662. The summed E-state index contributed by atoms with van der Waals surface area (Å²) in [5.41, 5.74) is -0.622. The van der Waals surface area contributed by atoms with Crippen LogP contribution in [0.5, 0.6) is 0 Å². The number of carboxylic acid groups (broad SMARTS) is 1. The van der Waals surface area contributed by atoms with Gasteiger partial charge in [0.25, 0.3) is 0 Å². The molecule has 18 heavy (non-hydrogen) atoms. The lowest BCUT2D eigenvalue weighted by atomic mass is 9.85. The number of methoxy groups -OCH3 is 1. The topological polar surface area (TPSA) is 122 Å². The summed E-state index contributed by atoms with van der Waals surface area (Å²) < 4.78 is 30.9. The smallest absolute Gasteiger partial charge is 0.421 e. The highest BCUT2D eigenvalue weighted by molar-refractivity contribution is 7.88. The van der Waals surface area contributed by atoms with Gasteiger partial charge in [0.2, 0.25) is 0 Å². The maximum absolute atomic E-state index is 11.5. The van der Waals surface area contributed by atoms with Gasteiger partial charge in [-0.05, 0) is 5.41 Å². The fourth-order valence-electron chi connectivity index (χ4n) is 1.07. The summed E-state index contributed by atoms with van der Waals surface area (Å²) in [4.78, 5) is 21.5. The second-order valence-corrected chi connectivity index (χ2v) is 6.18. The van der Waals surface area contributed by atoms with E-state index in [1.54, 1.807) is 25.5 Å². The molecule has 8 nitrogen and oxygen atoms in total. The Morgan fingerprint density at radius 1 is 1.33 bits per heavy atom. The summed E-state index contributed by atoms with van der Waals surface area (Å²) >= 11 is 0. The fourth-order valence-corrected chi connectivity index (χ4v) is 2.24. The van der Waals surface area contributed by atoms with Gasteiger partial charge in [-0.3, -0.25) is 4.79 Å². The van der Waals surface area contributed by atoms with Crippen molar-refractivity contribution >= 4 is 22.3 Å². The fraction of sp³-hybridized carbons (Fsp3) is 0.778. The van der Waals surface area contributed by atoms with Crippen LogP contribution in [0.3, 0.4) is 0 Å². The summed E-state index contributed by atoms with van der Waals surface area (Å²) in [6, 6.07) is -0.864. The third-order valence-electron chi connectivity index (χ3n) is 2.12. The molecule has 0 aliphatic carbocycles. The first-order valence-corrected chi connectivity index (χ1v) is 6.56. The Kier molecular flexibility index (Phi) is 5.55. The third kappa shape index (κ3) is 6.40. The number of hydrogen-bond donors (Lipinski definition) is 3. The van der Waals surface area contributed by atoms with Crippen molar-refractivity contribution < 1.29 is 27.9 Å². The van der Waals surface area contributed by atoms with Gasteiger partial charge in [0, 0.05) is 6.04 Å². The van der Waals surface area contributed by atoms with Gasteiger partial charge in [-0.15, -0.1) is 0 Å². The Balaban J connectivity index is 4.88. The summed E-state index contributed by atoms with van der Waals surface area (Å²) in [6.07, 6.45) is -1.54. The van der Waals surface area contributed by atoms with E-state index in [0.717, 1.165) is 7.11 Å². The number of amides is 1. The molecule has 1 amide bonds. The van der Waals surface area contributed by atoms with E-state index in [0.29, 0.717) is 0 Å². The molecule has 0 rings (SSSR count). The second-order valence-electron chi connectivity index (χ2n) is 4.73. The first-order valence-electron chi connectivity index (χ1n) is 5.07. The number of hydrogen-bond acceptors (Lipinski definition) is 5. The molecule has 0 bridgehead atoms. The van der Waals surface area contributed by atoms with Crippen LogP contribution in [-0.4, -0.2) is 38.7 Å². The third-order valence-corrected chi connectivity index (χ3v) is 3.15. The molecule has 0 aliphatic rings. The van der Waals surface area contributed by atoms with E-state index in [9.17, 15) is 18.0 Å². The zero-order valence-corrected chi connectivity index (χ0v) is 11.5. The van der Waals surface area contributed by atoms with Crippen molar-refractivity contribution in [3.8, 4) is 0 Å². The first-order chi connectivity index (χ1) is 7.98. The normalized spacial score (nSPS) is 13.8. The number of carbonyl (C=O) groups excluding carboxylic acids is 1. The number of rotatable bonds is 5. The molecule has 0 aromatic carbocycles. The molecule has 0 aromatic rings. The minimum Gasteiger partial charge on any atom is -0.481 e. The number of ether oxygens (including phenoxy) is 1. The van der Waals surface area contributed by atoms with Crippen molar-refractivity contribution in [2.75, 3.05) is 7.11 Å². The van der Waals surface area contributed by atoms with Gasteiger partial charge < -0.3 is 9.84 Å². The molecule has 0 aromatic heterocycles. The maximum atomic E-state index is 11.5. The molecule has 106 valence electrons. The maximum Gasteiger partial charge on any atom is 0.421 e. The summed E-state index contributed by atoms with van der Waals surface area (Å²) in [5.74, 6) is -1.14. The van der Waals surface area contributed by atoms with Gasteiger partial charge >= 0.3 is 22.3 Å². The molecule has 9 heteroatoms. The largest absolute Gasteiger partial charge is 0.481 e. The van der Waals surface area contributed by atoms with Gasteiger partial charge in [0.15, 0.2) is 0 Å². The second kappa shape index (κ2) is 6.01. The lowest BCUT2D eigenvalue weighted by Crippen LogP contribution is -2.50. The lowest BCUT2D eigenvalue weighted by Gasteiger charge is -2.29. The van der Waals surface area contributed by atoms with Crippen molar-refractivity contribution in [3.05, 3.63) is 0 Å². The minimum atomic E-state index is -4.16. The summed E-state index contributed by atoms with van der Waals surface area (Å²) in [7, 11) is -3.14. The van der Waals surface area contributed by atoms with E-state index in [4.69, 9.17) is 5.11 Å². The molecule has 0 aliphatic heterocycles. The molecule has 1 atom stereocenters. The predicted molar refractivity (Wildman–Crippen MR) is 63.1 cm³/mol. The SMILES string of the molecule is COC(=O)NS(=O)(=O)NC(CC(=O)O)C(C)(C)C. The highest BCUT2D eigenvalue weighted by Crippen LogP contribution is 2.22. The first kappa shape index (κ1) is 16.6. The molecule has 0 fully saturated rings. The van der Waals surface area contributed by atoms with Crippen LogP contribution in [0.2, 0.25) is 0 Å². The monoisotopic (exact) mass is 282 g/mol. The van der Waals surface area contributed by atoms with E-state index >= 15 is 0 Å². The minimum absolute atomic E-state index is 0.397. The molecule has 0 saturated carbocycles. The summed E-state index contributed by atoms with van der Waals surface area (Å²) in [6.45, 7) is 5.05. The quantitative estimate of drug-likeness (QED) is 0.655. The summed E-state index contributed by atoms with van der Waals surface area (Å²) in [5, 5.41) is 8.73. The van der Waals surface area contributed by atoms with Crippen LogP contribution in [0.25, 0.3) is 0 Å². The standard InChI is InChI=1S/C9H18N2O6S/c1-9(2,3)6(5-7(12)13)10-18(15,16)11-8(14)17-4/h6,10H,5H2,1-4H3,(H,11,14)(H,12,13).